The maximum atomic E-state index is 5.85. The predicted octanol–water partition coefficient (Wildman–Crippen LogP) is 4.47. The van der Waals surface area contributed by atoms with Gasteiger partial charge in [-0.1, -0.05) is 22.9 Å². The van der Waals surface area contributed by atoms with Gasteiger partial charge in [-0.3, -0.25) is 0 Å². The summed E-state index contributed by atoms with van der Waals surface area (Å²) in [6.45, 7) is 6.89. The van der Waals surface area contributed by atoms with E-state index in [0.717, 1.165) is 34.4 Å². The van der Waals surface area contributed by atoms with Crippen LogP contribution >= 0.6 is 15.9 Å². The van der Waals surface area contributed by atoms with Crippen LogP contribution in [0.25, 0.3) is 0 Å². The summed E-state index contributed by atoms with van der Waals surface area (Å²) in [5.74, 6) is 1.96. The van der Waals surface area contributed by atoms with Gasteiger partial charge >= 0.3 is 0 Å². The molecule has 0 amide bonds. The number of nitrogens with zero attached hydrogens (tertiary/aromatic N) is 2. The fourth-order valence-corrected chi connectivity index (χ4v) is 2.22. The van der Waals surface area contributed by atoms with Crippen LogP contribution in [0.2, 0.25) is 0 Å². The van der Waals surface area contributed by atoms with Crippen molar-refractivity contribution in [1.29, 1.82) is 0 Å². The first-order valence-corrected chi connectivity index (χ1v) is 7.41. The molecule has 1 aromatic heterocycles. The van der Waals surface area contributed by atoms with E-state index in [1.165, 1.54) is 0 Å². The molecule has 1 heterocycles. The molecule has 0 bridgehead atoms. The first-order valence-electron chi connectivity index (χ1n) is 6.62. The third kappa shape index (κ3) is 3.93. The van der Waals surface area contributed by atoms with Gasteiger partial charge in [0.15, 0.2) is 0 Å². The molecular formula is C15H18BrN3O. The lowest BCUT2D eigenvalue weighted by Gasteiger charge is -2.10. The quantitative estimate of drug-likeness (QED) is 0.875. The lowest BCUT2D eigenvalue weighted by atomic mass is 10.2. The number of nitrogens with one attached hydrogen (secondary N) is 1. The fraction of sp³-hybridized carbons (Fsp3) is 0.333. The minimum Gasteiger partial charge on any atom is -0.439 e. The van der Waals surface area contributed by atoms with Crippen molar-refractivity contribution in [2.24, 2.45) is 0 Å². The number of anilines is 1. The Balaban J connectivity index is 2.21. The van der Waals surface area contributed by atoms with Gasteiger partial charge in [-0.05, 0) is 44.0 Å². The maximum Gasteiger partial charge on any atom is 0.226 e. The highest BCUT2D eigenvalue weighted by atomic mass is 79.9. The average molecular weight is 336 g/mol. The highest BCUT2D eigenvalue weighted by Crippen LogP contribution is 2.27. The van der Waals surface area contributed by atoms with E-state index < -0.39 is 0 Å². The van der Waals surface area contributed by atoms with Crippen LogP contribution in [0.5, 0.6) is 11.6 Å². The second-order valence-electron chi connectivity index (χ2n) is 4.61. The second-order valence-corrected chi connectivity index (χ2v) is 5.53. The molecule has 106 valence electrons. The number of ether oxygens (including phenoxy) is 1. The molecule has 0 fully saturated rings. The molecule has 1 N–H and O–H groups in total. The van der Waals surface area contributed by atoms with Gasteiger partial charge in [0.25, 0.3) is 0 Å². The zero-order chi connectivity index (χ0) is 14.5. The molecule has 0 aliphatic carbocycles. The number of aromatic nitrogens is 2. The molecule has 2 rings (SSSR count). The molecule has 0 aliphatic rings. The van der Waals surface area contributed by atoms with E-state index in [2.05, 4.69) is 38.1 Å². The van der Waals surface area contributed by atoms with Crippen molar-refractivity contribution in [2.75, 3.05) is 11.9 Å². The summed E-state index contributed by atoms with van der Waals surface area (Å²) in [4.78, 5) is 8.71. The van der Waals surface area contributed by atoms with Crippen molar-refractivity contribution in [3.63, 3.8) is 0 Å². The van der Waals surface area contributed by atoms with Crippen LogP contribution in [-0.4, -0.2) is 16.5 Å². The van der Waals surface area contributed by atoms with Gasteiger partial charge in [-0.15, -0.1) is 0 Å². The molecule has 0 atom stereocenters. The van der Waals surface area contributed by atoms with Gasteiger partial charge in [-0.2, -0.15) is 4.98 Å². The topological polar surface area (TPSA) is 47.0 Å². The summed E-state index contributed by atoms with van der Waals surface area (Å²) in [7, 11) is 0. The standard InChI is InChI=1S/C15H18BrN3O/c1-4-7-17-15-18-11(3)9-14(19-15)20-13-6-5-12(16)8-10(13)2/h5-6,8-9H,4,7H2,1-3H3,(H,17,18,19). The summed E-state index contributed by atoms with van der Waals surface area (Å²) in [6, 6.07) is 7.72. The molecule has 0 saturated heterocycles. The number of hydrogen-bond donors (Lipinski definition) is 1. The Morgan fingerprint density at radius 3 is 2.70 bits per heavy atom. The molecule has 20 heavy (non-hydrogen) atoms. The van der Waals surface area contributed by atoms with Crippen molar-refractivity contribution < 1.29 is 4.74 Å². The molecule has 0 spiro atoms. The molecular weight excluding hydrogens is 318 g/mol. The van der Waals surface area contributed by atoms with Gasteiger partial charge in [0.05, 0.1) is 0 Å². The Bertz CT molecular complexity index is 602. The van der Waals surface area contributed by atoms with Crippen molar-refractivity contribution in [1.82, 2.24) is 9.97 Å². The summed E-state index contributed by atoms with van der Waals surface area (Å²) in [6.07, 6.45) is 1.03. The molecule has 0 saturated carbocycles. The minimum atomic E-state index is 0.557. The lowest BCUT2D eigenvalue weighted by Crippen LogP contribution is -2.05. The molecule has 0 unspecified atom stereocenters. The zero-order valence-electron chi connectivity index (χ0n) is 11.9. The molecule has 1 aromatic carbocycles. The summed E-state index contributed by atoms with van der Waals surface area (Å²) >= 11 is 3.44. The monoisotopic (exact) mass is 335 g/mol. The summed E-state index contributed by atoms with van der Waals surface area (Å²) < 4.78 is 6.89. The number of rotatable bonds is 5. The molecule has 2 aromatic rings. The van der Waals surface area contributed by atoms with Crippen LogP contribution in [0.1, 0.15) is 24.6 Å². The number of aryl methyl sites for hydroxylation is 2. The first kappa shape index (κ1) is 14.8. The Kier molecular flexibility index (Phi) is 4.95. The highest BCUT2D eigenvalue weighted by Gasteiger charge is 2.06. The Hall–Kier alpha value is -1.62. The average Bonchev–Trinajstić information content (AvgIpc) is 2.39. The molecule has 5 heteroatoms. The van der Waals surface area contributed by atoms with Crippen LogP contribution in [0.4, 0.5) is 5.95 Å². The van der Waals surface area contributed by atoms with Crippen LogP contribution in [0, 0.1) is 13.8 Å². The number of hydrogen-bond acceptors (Lipinski definition) is 4. The van der Waals surface area contributed by atoms with E-state index >= 15 is 0 Å². The predicted molar refractivity (Wildman–Crippen MR) is 84.5 cm³/mol. The first-order chi connectivity index (χ1) is 9.58. The molecule has 0 aliphatic heterocycles. The normalized spacial score (nSPS) is 10.4. The highest BCUT2D eigenvalue weighted by molar-refractivity contribution is 9.10. The maximum absolute atomic E-state index is 5.85. The fourth-order valence-electron chi connectivity index (χ4n) is 1.75. The third-order valence-electron chi connectivity index (χ3n) is 2.72. The summed E-state index contributed by atoms with van der Waals surface area (Å²) in [5, 5.41) is 3.18. The van der Waals surface area contributed by atoms with Crippen molar-refractivity contribution in [3.8, 4) is 11.6 Å². The zero-order valence-corrected chi connectivity index (χ0v) is 13.5. The van der Waals surface area contributed by atoms with E-state index in [-0.39, 0.29) is 0 Å². The number of halogens is 1. The van der Waals surface area contributed by atoms with E-state index in [9.17, 15) is 0 Å². The van der Waals surface area contributed by atoms with Gasteiger partial charge in [0.2, 0.25) is 11.8 Å². The van der Waals surface area contributed by atoms with Crippen molar-refractivity contribution in [2.45, 2.75) is 27.2 Å². The van der Waals surface area contributed by atoms with Gasteiger partial charge in [0.1, 0.15) is 5.75 Å². The second kappa shape index (κ2) is 6.70. The largest absolute Gasteiger partial charge is 0.439 e. The molecule has 0 radical (unpaired) electrons. The third-order valence-corrected chi connectivity index (χ3v) is 3.21. The minimum absolute atomic E-state index is 0.557. The van der Waals surface area contributed by atoms with Crippen LogP contribution in [0.3, 0.4) is 0 Å². The van der Waals surface area contributed by atoms with Crippen LogP contribution in [0.15, 0.2) is 28.7 Å². The van der Waals surface area contributed by atoms with Crippen LogP contribution < -0.4 is 10.1 Å². The van der Waals surface area contributed by atoms with E-state index in [1.807, 2.05) is 38.1 Å². The lowest BCUT2D eigenvalue weighted by molar-refractivity contribution is 0.458. The number of benzene rings is 1. The van der Waals surface area contributed by atoms with Crippen molar-refractivity contribution >= 4 is 21.9 Å². The van der Waals surface area contributed by atoms with Crippen molar-refractivity contribution in [3.05, 3.63) is 40.0 Å². The van der Waals surface area contributed by atoms with E-state index in [4.69, 9.17) is 4.74 Å². The van der Waals surface area contributed by atoms with E-state index in [1.54, 1.807) is 0 Å². The Morgan fingerprint density at radius 2 is 2.00 bits per heavy atom. The van der Waals surface area contributed by atoms with Crippen LogP contribution in [-0.2, 0) is 0 Å². The summed E-state index contributed by atoms with van der Waals surface area (Å²) in [5.41, 5.74) is 1.93. The van der Waals surface area contributed by atoms with E-state index in [0.29, 0.717) is 11.8 Å². The molecule has 4 nitrogen and oxygen atoms in total. The SMILES string of the molecule is CCCNc1nc(C)cc(Oc2ccc(Br)cc2C)n1. The van der Waals surface area contributed by atoms with Gasteiger partial charge in [-0.25, -0.2) is 4.98 Å². The Morgan fingerprint density at radius 1 is 1.20 bits per heavy atom. The smallest absolute Gasteiger partial charge is 0.226 e. The van der Waals surface area contributed by atoms with Gasteiger partial charge in [0, 0.05) is 22.8 Å². The van der Waals surface area contributed by atoms with Gasteiger partial charge < -0.3 is 10.1 Å². The Labute approximate surface area is 127 Å².